The summed E-state index contributed by atoms with van der Waals surface area (Å²) >= 11 is 1.46. The first kappa shape index (κ1) is 20.1. The van der Waals surface area contributed by atoms with Gasteiger partial charge in [0.2, 0.25) is 17.8 Å². The summed E-state index contributed by atoms with van der Waals surface area (Å²) < 4.78 is 6.42. The Morgan fingerprint density at radius 3 is 2.81 bits per heavy atom. The van der Waals surface area contributed by atoms with Crippen molar-refractivity contribution in [3.8, 4) is 0 Å². The second kappa shape index (κ2) is 8.72. The normalized spacial score (nSPS) is 26.4. The average Bonchev–Trinajstić information content (AvgIpc) is 3.11. The van der Waals surface area contributed by atoms with Gasteiger partial charge in [-0.15, -0.1) is 11.3 Å². The van der Waals surface area contributed by atoms with Crippen molar-refractivity contribution in [3.63, 3.8) is 0 Å². The molecule has 5 rings (SSSR count). The summed E-state index contributed by atoms with van der Waals surface area (Å²) in [4.78, 5) is 41.9. The van der Waals surface area contributed by atoms with Crippen LogP contribution in [0.2, 0.25) is 0 Å². The average molecular weight is 441 g/mol. The first-order chi connectivity index (χ1) is 15.2. The van der Waals surface area contributed by atoms with Crippen molar-refractivity contribution in [2.24, 2.45) is 9.98 Å². The Labute approximate surface area is 183 Å². The number of thiazole rings is 1. The van der Waals surface area contributed by atoms with Crippen LogP contribution in [0.15, 0.2) is 34.3 Å². The molecule has 1 aromatic heterocycles. The minimum Gasteiger partial charge on any atom is -0.378 e. The maximum Gasteiger partial charge on any atom is 0.244 e. The molecule has 0 bridgehead atoms. The number of guanidine groups is 1. The van der Waals surface area contributed by atoms with Crippen LogP contribution < -0.4 is 10.6 Å². The lowest BCUT2D eigenvalue weighted by Gasteiger charge is -2.32. The maximum atomic E-state index is 13.3. The van der Waals surface area contributed by atoms with Crippen molar-refractivity contribution in [1.82, 2.24) is 20.5 Å². The number of amides is 2. The summed E-state index contributed by atoms with van der Waals surface area (Å²) in [6.45, 7) is 3.09. The Balaban J connectivity index is 1.56. The number of carbonyl (C=O) groups excluding carboxylic acids is 2. The summed E-state index contributed by atoms with van der Waals surface area (Å²) in [5.74, 6) is -0.242. The number of carbonyl (C=O) groups is 2. The largest absolute Gasteiger partial charge is 0.378 e. The summed E-state index contributed by atoms with van der Waals surface area (Å²) in [5.41, 5.74) is 0.838. The summed E-state index contributed by atoms with van der Waals surface area (Å²) in [7, 11) is 0. The number of benzene rings is 1. The van der Waals surface area contributed by atoms with E-state index in [1.165, 1.54) is 11.3 Å². The van der Waals surface area contributed by atoms with Crippen LogP contribution >= 0.6 is 11.3 Å². The van der Waals surface area contributed by atoms with Crippen molar-refractivity contribution >= 4 is 45.2 Å². The highest BCUT2D eigenvalue weighted by atomic mass is 32.1. The molecule has 0 spiro atoms. The predicted octanol–water partition coefficient (Wildman–Crippen LogP) is 1.27. The zero-order chi connectivity index (χ0) is 21.2. The van der Waals surface area contributed by atoms with Gasteiger partial charge in [0.05, 0.1) is 23.4 Å². The third kappa shape index (κ3) is 4.17. The number of hydrogen-bond donors (Lipinski definition) is 2. The van der Waals surface area contributed by atoms with Gasteiger partial charge in [0.25, 0.3) is 0 Å². The fraction of sp³-hybridized carbons (Fsp3) is 0.476. The number of ether oxygens (including phenoxy) is 1. The van der Waals surface area contributed by atoms with E-state index < -0.39 is 12.0 Å². The Morgan fingerprint density at radius 1 is 1.13 bits per heavy atom. The van der Waals surface area contributed by atoms with E-state index in [0.717, 1.165) is 23.1 Å². The number of para-hydroxylation sites is 1. The number of amidine groups is 1. The fourth-order valence-corrected chi connectivity index (χ4v) is 5.04. The number of aliphatic imine (C=N–C) groups is 2. The van der Waals surface area contributed by atoms with E-state index in [0.29, 0.717) is 56.1 Å². The van der Waals surface area contributed by atoms with Crippen LogP contribution in [0.3, 0.4) is 0 Å². The highest BCUT2D eigenvalue weighted by molar-refractivity contribution is 7.18. The Bertz CT molecular complexity index is 1030. The van der Waals surface area contributed by atoms with Crippen molar-refractivity contribution in [1.29, 1.82) is 0 Å². The maximum absolute atomic E-state index is 13.3. The van der Waals surface area contributed by atoms with Gasteiger partial charge in [-0.2, -0.15) is 4.99 Å². The van der Waals surface area contributed by atoms with E-state index in [4.69, 9.17) is 14.7 Å². The fourth-order valence-electron chi connectivity index (χ4n) is 3.97. The molecule has 1 unspecified atom stereocenters. The third-order valence-corrected chi connectivity index (χ3v) is 6.74. The molecule has 3 aliphatic rings. The molecule has 10 heteroatoms. The van der Waals surface area contributed by atoms with E-state index in [-0.39, 0.29) is 11.8 Å². The molecule has 2 N–H and O–H groups in total. The Hall–Kier alpha value is -2.85. The molecule has 2 fully saturated rings. The SMILES string of the molecule is O=C1NC(N2CCOCC2)=NC(=N[C@@H]2CCCCNC2=O)C1c1nc2ccccc2s1. The topological polar surface area (TPSA) is 108 Å². The lowest BCUT2D eigenvalue weighted by Crippen LogP contribution is -2.53. The van der Waals surface area contributed by atoms with Gasteiger partial charge in [-0.1, -0.05) is 12.1 Å². The number of rotatable bonds is 2. The third-order valence-electron chi connectivity index (χ3n) is 5.64. The molecule has 31 heavy (non-hydrogen) atoms. The van der Waals surface area contributed by atoms with Gasteiger partial charge in [0.1, 0.15) is 22.8 Å². The standard InChI is InChI=1S/C21H24N6O3S/c28-18-14(6-3-4-8-22-18)23-17-16(20-24-13-5-1-2-7-15(13)31-20)19(29)26-21(25-17)27-9-11-30-12-10-27/h1-2,5,7,14,16H,3-4,6,8-12H2,(H,22,28)(H,23,25,26,29)/t14-,16?/m1/s1. The molecule has 3 aliphatic heterocycles. The van der Waals surface area contributed by atoms with Gasteiger partial charge >= 0.3 is 0 Å². The second-order valence-corrected chi connectivity index (χ2v) is 8.83. The summed E-state index contributed by atoms with van der Waals surface area (Å²) in [5, 5.41) is 6.48. The van der Waals surface area contributed by atoms with Gasteiger partial charge in [0.15, 0.2) is 0 Å². The van der Waals surface area contributed by atoms with Crippen LogP contribution in [0.5, 0.6) is 0 Å². The van der Waals surface area contributed by atoms with Gasteiger partial charge in [-0.05, 0) is 31.4 Å². The molecule has 0 saturated carbocycles. The zero-order valence-electron chi connectivity index (χ0n) is 17.0. The van der Waals surface area contributed by atoms with E-state index >= 15 is 0 Å². The highest BCUT2D eigenvalue weighted by Crippen LogP contribution is 2.31. The molecule has 2 aromatic rings. The van der Waals surface area contributed by atoms with Crippen LogP contribution in [-0.2, 0) is 14.3 Å². The monoisotopic (exact) mass is 440 g/mol. The Kier molecular flexibility index (Phi) is 5.65. The van der Waals surface area contributed by atoms with Crippen LogP contribution in [0.1, 0.15) is 30.2 Å². The molecule has 0 radical (unpaired) electrons. The van der Waals surface area contributed by atoms with Crippen LogP contribution in [0, 0.1) is 0 Å². The molecule has 162 valence electrons. The zero-order valence-corrected chi connectivity index (χ0v) is 17.9. The van der Waals surface area contributed by atoms with Gasteiger partial charge < -0.3 is 15.0 Å². The quantitative estimate of drug-likeness (QED) is 0.731. The van der Waals surface area contributed by atoms with E-state index in [1.807, 2.05) is 29.2 Å². The number of fused-ring (bicyclic) bond motifs is 1. The van der Waals surface area contributed by atoms with Crippen molar-refractivity contribution in [3.05, 3.63) is 29.3 Å². The molecule has 2 saturated heterocycles. The molecular weight excluding hydrogens is 416 g/mol. The lowest BCUT2D eigenvalue weighted by atomic mass is 10.1. The van der Waals surface area contributed by atoms with Crippen molar-refractivity contribution in [2.45, 2.75) is 31.2 Å². The minimum atomic E-state index is -0.738. The molecule has 4 heterocycles. The van der Waals surface area contributed by atoms with Crippen LogP contribution in [-0.4, -0.2) is 72.4 Å². The Morgan fingerprint density at radius 2 is 1.97 bits per heavy atom. The first-order valence-electron chi connectivity index (χ1n) is 10.6. The number of aromatic nitrogens is 1. The van der Waals surface area contributed by atoms with Crippen LogP contribution in [0.25, 0.3) is 10.2 Å². The van der Waals surface area contributed by atoms with Crippen molar-refractivity contribution < 1.29 is 14.3 Å². The number of hydrogen-bond acceptors (Lipinski definition) is 7. The molecular formula is C21H24N6O3S. The molecule has 0 aliphatic carbocycles. The van der Waals surface area contributed by atoms with E-state index in [9.17, 15) is 9.59 Å². The summed E-state index contributed by atoms with van der Waals surface area (Å²) in [6, 6.07) is 7.23. The predicted molar refractivity (Wildman–Crippen MR) is 118 cm³/mol. The highest BCUT2D eigenvalue weighted by Gasteiger charge is 2.37. The van der Waals surface area contributed by atoms with Gasteiger partial charge in [-0.3, -0.25) is 19.9 Å². The first-order valence-corrected chi connectivity index (χ1v) is 11.4. The molecule has 2 atom stereocenters. The summed E-state index contributed by atoms with van der Waals surface area (Å²) in [6.07, 6.45) is 2.47. The molecule has 9 nitrogen and oxygen atoms in total. The van der Waals surface area contributed by atoms with E-state index in [1.54, 1.807) is 0 Å². The number of nitrogens with one attached hydrogen (secondary N) is 2. The van der Waals surface area contributed by atoms with E-state index in [2.05, 4.69) is 15.6 Å². The van der Waals surface area contributed by atoms with Gasteiger partial charge in [0, 0.05) is 19.6 Å². The lowest BCUT2D eigenvalue weighted by molar-refractivity contribution is -0.122. The minimum absolute atomic E-state index is 0.109. The second-order valence-electron chi connectivity index (χ2n) is 7.77. The van der Waals surface area contributed by atoms with Gasteiger partial charge in [-0.25, -0.2) is 4.98 Å². The van der Waals surface area contributed by atoms with Crippen LogP contribution in [0.4, 0.5) is 0 Å². The van der Waals surface area contributed by atoms with Crippen molar-refractivity contribution in [2.75, 3.05) is 32.8 Å². The molecule has 2 amide bonds. The smallest absolute Gasteiger partial charge is 0.244 e. The number of nitrogens with zero attached hydrogens (tertiary/aromatic N) is 4. The number of morpholine rings is 1. The molecule has 1 aromatic carbocycles.